The predicted octanol–water partition coefficient (Wildman–Crippen LogP) is 3.23. The lowest BCUT2D eigenvalue weighted by atomic mass is 10.3. The van der Waals surface area contributed by atoms with Crippen LogP contribution in [-0.2, 0) is 11.3 Å². The van der Waals surface area contributed by atoms with Crippen molar-refractivity contribution in [2.45, 2.75) is 37.0 Å². The molecule has 6 nitrogen and oxygen atoms in total. The number of nitriles is 1. The molecule has 0 aliphatic heterocycles. The minimum absolute atomic E-state index is 0.103. The van der Waals surface area contributed by atoms with Crippen LogP contribution < -0.4 is 10.1 Å². The Balaban J connectivity index is 1.99. The van der Waals surface area contributed by atoms with Crippen LogP contribution in [-0.4, -0.2) is 28.0 Å². The Morgan fingerprint density at radius 2 is 2.17 bits per heavy atom. The molecule has 0 fully saturated rings. The smallest absolute Gasteiger partial charge is 0.238 e. The molecule has 2 aromatic rings. The van der Waals surface area contributed by atoms with Gasteiger partial charge >= 0.3 is 0 Å². The predicted molar refractivity (Wildman–Crippen MR) is 94.1 cm³/mol. The molecule has 0 aliphatic carbocycles. The number of amides is 1. The van der Waals surface area contributed by atoms with E-state index in [1.165, 1.54) is 11.8 Å². The highest BCUT2D eigenvalue weighted by molar-refractivity contribution is 8.00. The van der Waals surface area contributed by atoms with Crippen molar-refractivity contribution >= 4 is 23.5 Å². The Morgan fingerprint density at radius 1 is 1.46 bits per heavy atom. The standard InChI is InChI=1S/C17H20N4O2S/c1-12-11-16(21(20-12)10-4-9-18)19-17(22)13(2)24-15-7-5-14(23-3)6-8-15/h5-8,11,13H,4,10H2,1-3H3,(H,19,22)/t13-/m0/s1. The molecule has 1 heterocycles. The topological polar surface area (TPSA) is 79.9 Å². The third-order valence-electron chi connectivity index (χ3n) is 3.33. The molecule has 1 N–H and O–H groups in total. The summed E-state index contributed by atoms with van der Waals surface area (Å²) in [5.74, 6) is 1.30. The van der Waals surface area contributed by atoms with Gasteiger partial charge in [-0.1, -0.05) is 0 Å². The number of thioether (sulfide) groups is 1. The number of nitrogens with one attached hydrogen (secondary N) is 1. The summed E-state index contributed by atoms with van der Waals surface area (Å²) >= 11 is 1.47. The number of methoxy groups -OCH3 is 1. The van der Waals surface area contributed by atoms with Crippen LogP contribution in [0.25, 0.3) is 0 Å². The average Bonchev–Trinajstić information content (AvgIpc) is 2.92. The van der Waals surface area contributed by atoms with Crippen molar-refractivity contribution in [1.29, 1.82) is 5.26 Å². The van der Waals surface area contributed by atoms with Crippen LogP contribution in [0.3, 0.4) is 0 Å². The van der Waals surface area contributed by atoms with E-state index in [-0.39, 0.29) is 11.2 Å². The summed E-state index contributed by atoms with van der Waals surface area (Å²) in [5.41, 5.74) is 0.804. The second kappa shape index (κ2) is 8.41. The number of carbonyl (C=O) groups is 1. The van der Waals surface area contributed by atoms with E-state index in [4.69, 9.17) is 10.00 Å². The molecule has 1 aromatic heterocycles. The van der Waals surface area contributed by atoms with Crippen molar-refractivity contribution in [2.24, 2.45) is 0 Å². The molecule has 1 aromatic carbocycles. The number of ether oxygens (including phenoxy) is 1. The summed E-state index contributed by atoms with van der Waals surface area (Å²) in [6.07, 6.45) is 0.347. The number of anilines is 1. The van der Waals surface area contributed by atoms with E-state index in [1.54, 1.807) is 17.9 Å². The lowest BCUT2D eigenvalue weighted by molar-refractivity contribution is -0.115. The maximum absolute atomic E-state index is 12.4. The van der Waals surface area contributed by atoms with E-state index < -0.39 is 0 Å². The van der Waals surface area contributed by atoms with Crippen LogP contribution in [0.2, 0.25) is 0 Å². The molecule has 7 heteroatoms. The lowest BCUT2D eigenvalue weighted by Gasteiger charge is -2.13. The molecule has 0 aliphatic rings. The Kier molecular flexibility index (Phi) is 6.27. The Morgan fingerprint density at radius 3 is 2.79 bits per heavy atom. The van der Waals surface area contributed by atoms with Crippen LogP contribution in [0.1, 0.15) is 19.0 Å². The van der Waals surface area contributed by atoms with Crippen molar-refractivity contribution in [3.8, 4) is 11.8 Å². The van der Waals surface area contributed by atoms with Gasteiger partial charge in [0.05, 0.1) is 37.1 Å². The fraction of sp³-hybridized carbons (Fsp3) is 0.353. The third kappa shape index (κ3) is 4.77. The lowest BCUT2D eigenvalue weighted by Crippen LogP contribution is -2.24. The van der Waals surface area contributed by atoms with Gasteiger partial charge in [-0.25, -0.2) is 4.68 Å². The van der Waals surface area contributed by atoms with E-state index in [0.717, 1.165) is 16.3 Å². The molecule has 1 amide bonds. The fourth-order valence-corrected chi connectivity index (χ4v) is 2.98. The first-order chi connectivity index (χ1) is 11.5. The number of aromatic nitrogens is 2. The van der Waals surface area contributed by atoms with E-state index >= 15 is 0 Å². The number of carbonyl (C=O) groups excluding carboxylic acids is 1. The Bertz CT molecular complexity index is 734. The van der Waals surface area contributed by atoms with E-state index in [2.05, 4.69) is 16.5 Å². The molecule has 24 heavy (non-hydrogen) atoms. The number of nitrogens with zero attached hydrogens (tertiary/aromatic N) is 3. The first-order valence-corrected chi connectivity index (χ1v) is 8.44. The van der Waals surface area contributed by atoms with Gasteiger partial charge in [0.15, 0.2) is 0 Å². The van der Waals surface area contributed by atoms with Crippen LogP contribution in [0.4, 0.5) is 5.82 Å². The fourth-order valence-electron chi connectivity index (χ4n) is 2.11. The second-order valence-electron chi connectivity index (χ2n) is 5.23. The largest absolute Gasteiger partial charge is 0.497 e. The molecule has 0 bridgehead atoms. The quantitative estimate of drug-likeness (QED) is 0.780. The van der Waals surface area contributed by atoms with Gasteiger partial charge in [0.2, 0.25) is 5.91 Å². The first kappa shape index (κ1) is 17.9. The van der Waals surface area contributed by atoms with Gasteiger partial charge in [0.25, 0.3) is 0 Å². The molecular formula is C17H20N4O2S. The summed E-state index contributed by atoms with van der Waals surface area (Å²) in [4.78, 5) is 13.4. The van der Waals surface area contributed by atoms with Crippen LogP contribution in [0, 0.1) is 18.3 Å². The monoisotopic (exact) mass is 344 g/mol. The number of benzene rings is 1. The maximum atomic E-state index is 12.4. The highest BCUT2D eigenvalue weighted by Gasteiger charge is 2.17. The summed E-state index contributed by atoms with van der Waals surface area (Å²) in [5, 5.41) is 15.6. The number of hydrogen-bond donors (Lipinski definition) is 1. The molecule has 0 saturated carbocycles. The van der Waals surface area contributed by atoms with Crippen LogP contribution >= 0.6 is 11.8 Å². The van der Waals surface area contributed by atoms with Gasteiger partial charge in [0.1, 0.15) is 11.6 Å². The zero-order valence-corrected chi connectivity index (χ0v) is 14.8. The zero-order chi connectivity index (χ0) is 17.5. The normalized spacial score (nSPS) is 11.6. The summed E-state index contributed by atoms with van der Waals surface area (Å²) in [7, 11) is 1.62. The van der Waals surface area contributed by atoms with Crippen LogP contribution in [0.15, 0.2) is 35.2 Å². The highest BCUT2D eigenvalue weighted by atomic mass is 32.2. The van der Waals surface area contributed by atoms with E-state index in [0.29, 0.717) is 18.8 Å². The summed E-state index contributed by atoms with van der Waals surface area (Å²) < 4.78 is 6.78. The Hall–Kier alpha value is -2.46. The molecule has 2 rings (SSSR count). The molecular weight excluding hydrogens is 324 g/mol. The number of hydrogen-bond acceptors (Lipinski definition) is 5. The SMILES string of the molecule is COc1ccc(S[C@@H](C)C(=O)Nc2cc(C)nn2CCC#N)cc1. The van der Waals surface area contributed by atoms with Gasteiger partial charge in [0, 0.05) is 11.0 Å². The van der Waals surface area contributed by atoms with Gasteiger partial charge in [-0.2, -0.15) is 10.4 Å². The number of rotatable bonds is 7. The number of aryl methyl sites for hydroxylation is 2. The van der Waals surface area contributed by atoms with Crippen molar-refractivity contribution in [3.05, 3.63) is 36.0 Å². The zero-order valence-electron chi connectivity index (χ0n) is 13.9. The molecule has 1 atom stereocenters. The maximum Gasteiger partial charge on any atom is 0.238 e. The van der Waals surface area contributed by atoms with Gasteiger partial charge < -0.3 is 10.1 Å². The second-order valence-corrected chi connectivity index (χ2v) is 6.64. The van der Waals surface area contributed by atoms with E-state index in [1.807, 2.05) is 38.1 Å². The average molecular weight is 344 g/mol. The molecule has 0 saturated heterocycles. The van der Waals surface area contributed by atoms with Crippen molar-refractivity contribution in [2.75, 3.05) is 12.4 Å². The van der Waals surface area contributed by atoms with Crippen molar-refractivity contribution in [3.63, 3.8) is 0 Å². The van der Waals surface area contributed by atoms with Crippen molar-refractivity contribution in [1.82, 2.24) is 9.78 Å². The Labute approximate surface area is 145 Å². The summed E-state index contributed by atoms with van der Waals surface area (Å²) in [6.45, 7) is 4.17. The molecule has 0 unspecified atom stereocenters. The van der Waals surface area contributed by atoms with Gasteiger partial charge in [-0.3, -0.25) is 4.79 Å². The third-order valence-corrected chi connectivity index (χ3v) is 4.44. The molecule has 126 valence electrons. The first-order valence-electron chi connectivity index (χ1n) is 7.56. The van der Waals surface area contributed by atoms with Gasteiger partial charge in [-0.05, 0) is 38.1 Å². The van der Waals surface area contributed by atoms with Crippen molar-refractivity contribution < 1.29 is 9.53 Å². The molecule has 0 spiro atoms. The molecule has 0 radical (unpaired) electrons. The highest BCUT2D eigenvalue weighted by Crippen LogP contribution is 2.26. The minimum Gasteiger partial charge on any atom is -0.497 e. The van der Waals surface area contributed by atoms with E-state index in [9.17, 15) is 4.79 Å². The van der Waals surface area contributed by atoms with Crippen LogP contribution in [0.5, 0.6) is 5.75 Å². The summed E-state index contributed by atoms with van der Waals surface area (Å²) in [6, 6.07) is 11.5. The minimum atomic E-state index is -0.266. The van der Waals surface area contributed by atoms with Gasteiger partial charge in [-0.15, -0.1) is 11.8 Å².